The Morgan fingerprint density at radius 3 is 1.82 bits per heavy atom. The van der Waals surface area contributed by atoms with Crippen LogP contribution in [-0.2, 0) is 57.0 Å². The van der Waals surface area contributed by atoms with Crippen molar-refractivity contribution in [2.75, 3.05) is 19.8 Å². The average Bonchev–Trinajstić information content (AvgIpc) is 1.60. The van der Waals surface area contributed by atoms with Crippen LogP contribution in [-0.4, -0.2) is 244 Å². The molecule has 26 nitrogen and oxygen atoms in total. The largest absolute Gasteiger partial charge is 0.481 e. The second-order valence-electron chi connectivity index (χ2n) is 26.8. The van der Waals surface area contributed by atoms with Gasteiger partial charge in [-0.25, -0.2) is 0 Å². The van der Waals surface area contributed by atoms with Crippen LogP contribution in [0.25, 0.3) is 0 Å². The van der Waals surface area contributed by atoms with E-state index in [1.165, 1.54) is 13.8 Å². The first-order chi connectivity index (χ1) is 38.2. The molecule has 30 atom stereocenters. The van der Waals surface area contributed by atoms with Crippen molar-refractivity contribution in [3.8, 4) is 0 Å². The third kappa shape index (κ3) is 10.5. The number of fused-ring (bicyclic) bond motifs is 7. The zero-order valence-corrected chi connectivity index (χ0v) is 47.7. The Morgan fingerprint density at radius 2 is 1.17 bits per heavy atom. The summed E-state index contributed by atoms with van der Waals surface area (Å²) in [7, 11) is 0. The lowest BCUT2D eigenvalue weighted by Gasteiger charge is -2.71. The highest BCUT2D eigenvalue weighted by Gasteiger charge is 2.72. The van der Waals surface area contributed by atoms with Gasteiger partial charge < -0.3 is 114 Å². The number of carbonyl (C=O) groups is 3. The summed E-state index contributed by atoms with van der Waals surface area (Å²) >= 11 is 0. The third-order valence-electron chi connectivity index (χ3n) is 21.7. The van der Waals surface area contributed by atoms with E-state index in [1.807, 2.05) is 6.92 Å². The van der Waals surface area contributed by atoms with Crippen molar-refractivity contribution in [1.82, 2.24) is 0 Å². The topological polar surface area (TPSA) is 418 Å². The molecule has 5 aliphatic carbocycles. The molecule has 0 spiro atoms. The number of aliphatic carboxylic acids is 1. The van der Waals surface area contributed by atoms with Gasteiger partial charge in [-0.2, -0.15) is 0 Å². The van der Waals surface area contributed by atoms with E-state index in [0.29, 0.717) is 51.4 Å². The first-order valence-corrected chi connectivity index (χ1v) is 28.8. The van der Waals surface area contributed by atoms with E-state index in [9.17, 15) is 81.1 Å². The number of carboxylic acid groups (broad SMARTS) is 1. The zero-order valence-electron chi connectivity index (χ0n) is 47.7. The van der Waals surface area contributed by atoms with Gasteiger partial charge in [0.25, 0.3) is 0 Å². The van der Waals surface area contributed by atoms with E-state index in [0.717, 1.165) is 12.5 Å². The van der Waals surface area contributed by atoms with Gasteiger partial charge in [0.1, 0.15) is 92.1 Å². The van der Waals surface area contributed by atoms with Crippen LogP contribution in [0, 0.1) is 50.2 Å². The SMILES string of the molecule is CC(=O)OC[C@H]1O[C@@H](O[C@H]2[C@H](OC(=O)[C@]34CCC(C)(C)C[C@H]3C3=CC[C@@H]5[C@@]6(C)C[C@H](O)[C@H](O)[C@@](C)(C(=O)O)[C@@H]6CC[C@@]5(C)[C@]3(C)CC4)O[C@H](CO[C@@H]3O[C@H](CO)[C@@H](O[C@@H]4O[C@@H](C)[C@H](O)[C@@H](O)[C@H]4O)[C@H](O)[C@H]3O)[C@@H](O)[C@@H]2O)[C@H](O)[C@@H](O)[C@@H]1O. The van der Waals surface area contributed by atoms with Crippen LogP contribution in [0.2, 0.25) is 0 Å². The van der Waals surface area contributed by atoms with Gasteiger partial charge in [-0.3, -0.25) is 14.4 Å². The number of carbonyl (C=O) groups excluding carboxylic acids is 2. The van der Waals surface area contributed by atoms with E-state index < -0.39 is 212 Å². The summed E-state index contributed by atoms with van der Waals surface area (Å²) in [6.45, 7) is 12.5. The first kappa shape index (κ1) is 63.8. The lowest BCUT2D eigenvalue weighted by molar-refractivity contribution is -0.373. The van der Waals surface area contributed by atoms with Gasteiger partial charge in [0.2, 0.25) is 6.29 Å². The molecule has 0 radical (unpaired) electrons. The molecule has 14 N–H and O–H groups in total. The number of esters is 2. The molecule has 9 rings (SSSR count). The van der Waals surface area contributed by atoms with Crippen molar-refractivity contribution in [2.24, 2.45) is 50.2 Å². The highest BCUT2D eigenvalue weighted by Crippen LogP contribution is 2.76. The van der Waals surface area contributed by atoms with Crippen LogP contribution in [0.1, 0.15) is 113 Å². The van der Waals surface area contributed by atoms with E-state index in [2.05, 4.69) is 33.8 Å². The summed E-state index contributed by atoms with van der Waals surface area (Å²) in [4.78, 5) is 40.5. The summed E-state index contributed by atoms with van der Waals surface area (Å²) in [6, 6.07) is 0. The maximum atomic E-state index is 15.7. The molecule has 4 saturated heterocycles. The van der Waals surface area contributed by atoms with Gasteiger partial charge in [0.05, 0.1) is 42.4 Å². The van der Waals surface area contributed by atoms with Crippen molar-refractivity contribution in [1.29, 1.82) is 0 Å². The van der Waals surface area contributed by atoms with Crippen LogP contribution in [0.15, 0.2) is 11.6 Å². The maximum Gasteiger partial charge on any atom is 0.315 e. The molecule has 26 heteroatoms. The molecule has 0 aromatic rings. The Hall–Kier alpha value is -2.65. The normalized spacial score (nSPS) is 52.8. The number of hydrogen-bond acceptors (Lipinski definition) is 25. The Bertz CT molecular complexity index is 2360. The lowest BCUT2D eigenvalue weighted by atomic mass is 9.33. The summed E-state index contributed by atoms with van der Waals surface area (Å²) in [6.07, 6.45) is -32.1. The number of aliphatic hydroxyl groups is 13. The lowest BCUT2D eigenvalue weighted by Crippen LogP contribution is -2.69. The first-order valence-electron chi connectivity index (χ1n) is 28.8. The number of rotatable bonds is 13. The van der Waals surface area contributed by atoms with E-state index in [4.69, 9.17) is 42.6 Å². The summed E-state index contributed by atoms with van der Waals surface area (Å²) < 4.78 is 52.5. The van der Waals surface area contributed by atoms with Gasteiger partial charge in [0.15, 0.2) is 25.0 Å². The Balaban J connectivity index is 0.999. The van der Waals surface area contributed by atoms with Crippen LogP contribution in [0.3, 0.4) is 0 Å². The van der Waals surface area contributed by atoms with Gasteiger partial charge in [-0.15, -0.1) is 0 Å². The molecule has 0 aromatic heterocycles. The van der Waals surface area contributed by atoms with Crippen molar-refractivity contribution in [3.63, 3.8) is 0 Å². The van der Waals surface area contributed by atoms with Gasteiger partial charge in [-0.05, 0) is 111 Å². The Kier molecular flexibility index (Phi) is 18.0. The van der Waals surface area contributed by atoms with Crippen molar-refractivity contribution in [2.45, 2.75) is 248 Å². The molecule has 468 valence electrons. The number of hydrogen-bond donors (Lipinski definition) is 14. The average molecular weight is 1180 g/mol. The van der Waals surface area contributed by atoms with Crippen LogP contribution in [0.5, 0.6) is 0 Å². The quantitative estimate of drug-likeness (QED) is 0.0675. The van der Waals surface area contributed by atoms with Crippen LogP contribution >= 0.6 is 0 Å². The molecule has 0 amide bonds. The second kappa shape index (κ2) is 23.1. The fraction of sp³-hybridized carbons (Fsp3) is 0.911. The fourth-order valence-electron chi connectivity index (χ4n) is 16.5. The molecule has 8 fully saturated rings. The van der Waals surface area contributed by atoms with Gasteiger partial charge >= 0.3 is 17.9 Å². The molecular weight excluding hydrogens is 1090 g/mol. The molecule has 9 aliphatic rings. The molecule has 0 aromatic carbocycles. The minimum absolute atomic E-state index is 0.122. The zero-order chi connectivity index (χ0) is 60.3. The van der Waals surface area contributed by atoms with Crippen molar-refractivity contribution < 1.29 is 129 Å². The summed E-state index contributed by atoms with van der Waals surface area (Å²) in [5.74, 6) is -3.70. The minimum atomic E-state index is -2.10. The highest BCUT2D eigenvalue weighted by molar-refractivity contribution is 5.79. The predicted octanol–water partition coefficient (Wildman–Crippen LogP) is -2.40. The van der Waals surface area contributed by atoms with E-state index >= 15 is 4.79 Å². The molecule has 4 saturated carbocycles. The second-order valence-corrected chi connectivity index (χ2v) is 26.8. The smallest absolute Gasteiger partial charge is 0.315 e. The Labute approximate surface area is 475 Å². The molecule has 0 bridgehead atoms. The van der Waals surface area contributed by atoms with E-state index in [1.54, 1.807) is 0 Å². The maximum absolute atomic E-state index is 15.7. The molecule has 4 heterocycles. The third-order valence-corrected chi connectivity index (χ3v) is 21.7. The molecule has 4 aliphatic heterocycles. The standard InChI is InChI=1S/C56H88O26/c1-22-32(60)35(63)39(67)46(76-22)80-42-27(19-57)77-45(41(69)38(42)66)75-21-29-34(62)37(65)43(81-47-40(68)36(64)33(61)28(78-47)20-74-23(2)58)48(79-29)82-50(73)56-15-13-51(3,4)17-25(56)24-9-10-30-52(5)18-26(59)44(70)55(8,49(71)72)31(52)11-12-54(30,7)53(24,6)14-16-56/h9,22,25-48,57,59-70H,10-21H2,1-8H3,(H,71,72)/t22-,25-,26-,27+,28+,29+,30+,31+,32-,33+,34+,35+,36-,37-,38+,39+,40+,41+,42+,43+,44-,45+,46-,47-,48-,52+,53+,54+,55-,56-/m0/s1. The number of ether oxygens (including phenoxy) is 9. The molecule has 0 unspecified atom stereocenters. The highest BCUT2D eigenvalue weighted by atomic mass is 16.8. The predicted molar refractivity (Wildman–Crippen MR) is 274 cm³/mol. The summed E-state index contributed by atoms with van der Waals surface area (Å²) in [5.41, 5.74) is -3.80. The molecular formula is C56H88O26. The number of carboxylic acids is 1. The van der Waals surface area contributed by atoms with Crippen LogP contribution < -0.4 is 0 Å². The monoisotopic (exact) mass is 1180 g/mol. The van der Waals surface area contributed by atoms with Crippen molar-refractivity contribution in [3.05, 3.63) is 11.6 Å². The van der Waals surface area contributed by atoms with Crippen molar-refractivity contribution >= 4 is 17.9 Å². The van der Waals surface area contributed by atoms with Gasteiger partial charge in [-0.1, -0.05) is 46.3 Å². The van der Waals surface area contributed by atoms with Crippen LogP contribution in [0.4, 0.5) is 0 Å². The molecule has 82 heavy (non-hydrogen) atoms. The van der Waals surface area contributed by atoms with Gasteiger partial charge in [0, 0.05) is 6.92 Å². The summed E-state index contributed by atoms with van der Waals surface area (Å²) in [5, 5.41) is 154. The fourth-order valence-corrected chi connectivity index (χ4v) is 16.5. The Morgan fingerprint density at radius 1 is 0.610 bits per heavy atom. The van der Waals surface area contributed by atoms with E-state index in [-0.39, 0.29) is 17.8 Å². The number of aliphatic hydroxyl groups excluding tert-OH is 13. The minimum Gasteiger partial charge on any atom is -0.481 e. The number of allylic oxidation sites excluding steroid dienone is 2.